The zero-order valence-electron chi connectivity index (χ0n) is 15.3. The van der Waals surface area contributed by atoms with Gasteiger partial charge in [-0.2, -0.15) is 10.2 Å². The molecule has 1 saturated carbocycles. The first-order chi connectivity index (χ1) is 12.7. The van der Waals surface area contributed by atoms with Crippen molar-refractivity contribution >= 4 is 5.91 Å². The minimum atomic E-state index is -0.158. The number of likely N-dealkylation sites (N-methyl/N-ethyl adjacent to an activating group) is 1. The molecule has 1 amide bonds. The molecule has 2 atom stereocenters. The Kier molecular flexibility index (Phi) is 4.78. The average Bonchev–Trinajstić information content (AvgIpc) is 3.23. The molecule has 0 spiro atoms. The molecule has 0 radical (unpaired) electrons. The third kappa shape index (κ3) is 3.39. The van der Waals surface area contributed by atoms with Crippen LogP contribution < -0.4 is 5.32 Å². The van der Waals surface area contributed by atoms with E-state index in [1.165, 1.54) is 12.8 Å². The number of hydrogen-bond acceptors (Lipinski definition) is 5. The first-order valence-electron chi connectivity index (χ1n) is 9.34. The highest BCUT2D eigenvalue weighted by molar-refractivity contribution is 5.92. The monoisotopic (exact) mass is 358 g/mol. The average molecular weight is 358 g/mol. The van der Waals surface area contributed by atoms with Crippen LogP contribution in [0.1, 0.15) is 53.6 Å². The third-order valence-electron chi connectivity index (χ3n) is 5.34. The van der Waals surface area contributed by atoms with E-state index in [2.05, 4.69) is 32.4 Å². The molecular weight excluding hydrogens is 332 g/mol. The van der Waals surface area contributed by atoms with Gasteiger partial charge in [-0.25, -0.2) is 0 Å². The second-order valence-electron chi connectivity index (χ2n) is 7.06. The number of amides is 1. The first kappa shape index (κ1) is 17.2. The molecule has 140 valence electrons. The summed E-state index contributed by atoms with van der Waals surface area (Å²) in [4.78, 5) is 14.8. The highest BCUT2D eigenvalue weighted by Crippen LogP contribution is 2.39. The van der Waals surface area contributed by atoms with Crippen molar-refractivity contribution in [1.29, 1.82) is 0 Å². The second-order valence-corrected chi connectivity index (χ2v) is 7.06. The van der Waals surface area contributed by atoms with Gasteiger partial charge in [-0.05, 0) is 31.5 Å². The molecule has 2 aromatic rings. The molecule has 2 aliphatic rings. The third-order valence-corrected chi connectivity index (χ3v) is 5.34. The lowest BCUT2D eigenvalue weighted by Gasteiger charge is -2.40. The number of nitrogens with one attached hydrogen (secondary N) is 2. The summed E-state index contributed by atoms with van der Waals surface area (Å²) < 4.78 is 7.90. The van der Waals surface area contributed by atoms with Crippen molar-refractivity contribution in [3.8, 4) is 0 Å². The number of H-pyrrole nitrogens is 1. The largest absolute Gasteiger partial charge is 0.373 e. The molecule has 3 heterocycles. The van der Waals surface area contributed by atoms with Crippen molar-refractivity contribution in [3.63, 3.8) is 0 Å². The summed E-state index contributed by atoms with van der Waals surface area (Å²) in [6, 6.07) is 3.96. The normalized spacial score (nSPS) is 23.9. The van der Waals surface area contributed by atoms with Crippen molar-refractivity contribution in [2.45, 2.75) is 37.8 Å². The Labute approximate surface area is 152 Å². The van der Waals surface area contributed by atoms with E-state index < -0.39 is 0 Å². The zero-order chi connectivity index (χ0) is 18.1. The lowest BCUT2D eigenvalue weighted by molar-refractivity contribution is -0.0709. The summed E-state index contributed by atoms with van der Waals surface area (Å²) in [6.07, 6.45) is 4.04. The Morgan fingerprint density at radius 2 is 2.31 bits per heavy atom. The van der Waals surface area contributed by atoms with E-state index in [4.69, 9.17) is 4.74 Å². The maximum Gasteiger partial charge on any atom is 0.271 e. The second kappa shape index (κ2) is 7.20. The van der Waals surface area contributed by atoms with E-state index in [0.717, 1.165) is 24.5 Å². The van der Waals surface area contributed by atoms with Crippen LogP contribution in [0.3, 0.4) is 0 Å². The van der Waals surface area contributed by atoms with Crippen LogP contribution in [0.5, 0.6) is 0 Å². The standard InChI is InChI=1S/C18H26N6O2/c1-3-24-8-9-26-16(17(24)15-6-7-20-23(15)2)11-19-18(25)14-10-13(21-22-14)12-4-5-12/h6-7,10,12,16-17H,3-5,8-9,11H2,1-2H3,(H,19,25)(H,21,22)/t16-,17-/m0/s1. The Bertz CT molecular complexity index is 765. The molecule has 1 aliphatic heterocycles. The minimum absolute atomic E-state index is 0.0720. The van der Waals surface area contributed by atoms with E-state index in [1.54, 1.807) is 6.20 Å². The minimum Gasteiger partial charge on any atom is -0.373 e. The highest BCUT2D eigenvalue weighted by Gasteiger charge is 2.35. The topological polar surface area (TPSA) is 88.1 Å². The summed E-state index contributed by atoms with van der Waals surface area (Å²) in [7, 11) is 1.94. The molecular formula is C18H26N6O2. The quantitative estimate of drug-likeness (QED) is 0.810. The molecule has 26 heavy (non-hydrogen) atoms. The summed E-state index contributed by atoms with van der Waals surface area (Å²) in [5.41, 5.74) is 2.61. The number of carbonyl (C=O) groups excluding carboxylic acids is 1. The lowest BCUT2D eigenvalue weighted by atomic mass is 10.0. The molecule has 1 aliphatic carbocycles. The van der Waals surface area contributed by atoms with E-state index >= 15 is 0 Å². The van der Waals surface area contributed by atoms with Crippen LogP contribution in [0.2, 0.25) is 0 Å². The highest BCUT2D eigenvalue weighted by atomic mass is 16.5. The molecule has 2 aromatic heterocycles. The molecule has 2 N–H and O–H groups in total. The van der Waals surface area contributed by atoms with Crippen molar-refractivity contribution in [2.24, 2.45) is 7.05 Å². The maximum absolute atomic E-state index is 12.5. The molecule has 8 nitrogen and oxygen atoms in total. The Balaban J connectivity index is 1.44. The van der Waals surface area contributed by atoms with Crippen molar-refractivity contribution in [1.82, 2.24) is 30.2 Å². The predicted octanol–water partition coefficient (Wildman–Crippen LogP) is 1.21. The molecule has 0 unspecified atom stereocenters. The molecule has 4 rings (SSSR count). The lowest BCUT2D eigenvalue weighted by Crippen LogP contribution is -2.50. The smallest absolute Gasteiger partial charge is 0.271 e. The number of hydrogen-bond donors (Lipinski definition) is 2. The molecule has 2 fully saturated rings. The molecule has 0 bridgehead atoms. The van der Waals surface area contributed by atoms with E-state index in [-0.39, 0.29) is 18.1 Å². The van der Waals surface area contributed by atoms with Crippen LogP contribution >= 0.6 is 0 Å². The predicted molar refractivity (Wildman–Crippen MR) is 95.8 cm³/mol. The number of nitrogens with zero attached hydrogens (tertiary/aromatic N) is 4. The Hall–Kier alpha value is -2.19. The van der Waals surface area contributed by atoms with Gasteiger partial charge in [0.2, 0.25) is 0 Å². The SMILES string of the molecule is CCN1CCO[C@@H](CNC(=O)c2cc(C3CC3)[nH]n2)[C@@H]1c1ccnn1C. The number of ether oxygens (including phenoxy) is 1. The zero-order valence-corrected chi connectivity index (χ0v) is 15.3. The summed E-state index contributed by atoms with van der Waals surface area (Å²) in [5, 5.41) is 14.4. The number of aromatic nitrogens is 4. The van der Waals surface area contributed by atoms with E-state index in [9.17, 15) is 4.79 Å². The van der Waals surface area contributed by atoms with Crippen molar-refractivity contribution < 1.29 is 9.53 Å². The number of aromatic amines is 1. The van der Waals surface area contributed by atoms with Gasteiger partial charge in [0, 0.05) is 37.9 Å². The Morgan fingerprint density at radius 3 is 3.00 bits per heavy atom. The van der Waals surface area contributed by atoms with Gasteiger partial charge in [0.15, 0.2) is 0 Å². The first-order valence-corrected chi connectivity index (χ1v) is 9.34. The van der Waals surface area contributed by atoms with Crippen LogP contribution in [-0.4, -0.2) is 63.1 Å². The van der Waals surface area contributed by atoms with Gasteiger partial charge in [0.1, 0.15) is 5.69 Å². The summed E-state index contributed by atoms with van der Waals surface area (Å²) in [5.74, 6) is 0.396. The molecule has 1 saturated heterocycles. The summed E-state index contributed by atoms with van der Waals surface area (Å²) in [6.45, 7) is 5.05. The van der Waals surface area contributed by atoms with Crippen LogP contribution in [0.25, 0.3) is 0 Å². The fourth-order valence-electron chi connectivity index (χ4n) is 3.70. The number of rotatable bonds is 6. The van der Waals surface area contributed by atoms with Gasteiger partial charge >= 0.3 is 0 Å². The van der Waals surface area contributed by atoms with Gasteiger partial charge in [0.05, 0.1) is 24.4 Å². The number of carbonyl (C=O) groups is 1. The van der Waals surface area contributed by atoms with E-state index in [1.807, 2.05) is 23.9 Å². The van der Waals surface area contributed by atoms with Crippen LogP contribution in [0.4, 0.5) is 0 Å². The van der Waals surface area contributed by atoms with Crippen LogP contribution in [0, 0.1) is 0 Å². The van der Waals surface area contributed by atoms with E-state index in [0.29, 0.717) is 24.8 Å². The molecule has 8 heteroatoms. The number of aryl methyl sites for hydroxylation is 1. The van der Waals surface area contributed by atoms with Crippen LogP contribution in [0.15, 0.2) is 18.3 Å². The van der Waals surface area contributed by atoms with Gasteiger partial charge in [0.25, 0.3) is 5.91 Å². The van der Waals surface area contributed by atoms with Crippen LogP contribution in [-0.2, 0) is 11.8 Å². The fourth-order valence-corrected chi connectivity index (χ4v) is 3.70. The van der Waals surface area contributed by atoms with Gasteiger partial charge < -0.3 is 10.1 Å². The fraction of sp³-hybridized carbons (Fsp3) is 0.611. The van der Waals surface area contributed by atoms with Gasteiger partial charge in [-0.3, -0.25) is 19.5 Å². The van der Waals surface area contributed by atoms with Crippen molar-refractivity contribution in [3.05, 3.63) is 35.4 Å². The molecule has 0 aromatic carbocycles. The Morgan fingerprint density at radius 1 is 1.46 bits per heavy atom. The summed E-state index contributed by atoms with van der Waals surface area (Å²) >= 11 is 0. The van der Waals surface area contributed by atoms with Gasteiger partial charge in [-0.15, -0.1) is 0 Å². The van der Waals surface area contributed by atoms with Crippen molar-refractivity contribution in [2.75, 3.05) is 26.2 Å². The maximum atomic E-state index is 12.5. The van der Waals surface area contributed by atoms with Gasteiger partial charge in [-0.1, -0.05) is 6.92 Å². The number of morpholine rings is 1.